The van der Waals surface area contributed by atoms with Crippen molar-refractivity contribution in [2.75, 3.05) is 25.0 Å². The number of nitrogens with zero attached hydrogens (tertiary/aromatic N) is 2. The number of piperidine rings is 1. The molecule has 0 bridgehead atoms. The van der Waals surface area contributed by atoms with Gasteiger partial charge in [0.2, 0.25) is 0 Å². The average molecular weight is 306 g/mol. The first kappa shape index (κ1) is 14.2. The van der Waals surface area contributed by atoms with Crippen LogP contribution in [0, 0.1) is 16.0 Å². The molecule has 1 saturated heterocycles. The molecule has 2 aromatic rings. The minimum atomic E-state index is -0.341. The van der Waals surface area contributed by atoms with Crippen LogP contribution in [0.25, 0.3) is 10.2 Å². The summed E-state index contributed by atoms with van der Waals surface area (Å²) in [4.78, 5) is 15.1. The van der Waals surface area contributed by atoms with Crippen molar-refractivity contribution >= 4 is 32.9 Å². The van der Waals surface area contributed by atoms with Crippen molar-refractivity contribution in [2.24, 2.45) is 5.92 Å². The maximum atomic E-state index is 11.3. The fraction of sp³-hybridized carbons (Fsp3) is 0.500. The Morgan fingerprint density at radius 2 is 2.43 bits per heavy atom. The summed E-state index contributed by atoms with van der Waals surface area (Å²) in [6, 6.07) is 3.68. The lowest BCUT2D eigenvalue weighted by molar-refractivity contribution is -0.382. The van der Waals surface area contributed by atoms with Crippen molar-refractivity contribution in [3.63, 3.8) is 0 Å². The van der Waals surface area contributed by atoms with E-state index < -0.39 is 0 Å². The van der Waals surface area contributed by atoms with Crippen LogP contribution in [0.2, 0.25) is 0 Å². The second-order valence-corrected chi connectivity index (χ2v) is 6.23. The smallest absolute Gasteiger partial charge is 0.319 e. The first-order valence-electron chi connectivity index (χ1n) is 7.21. The predicted octanol–water partition coefficient (Wildman–Crippen LogP) is 3.01. The summed E-state index contributed by atoms with van der Waals surface area (Å²) in [5.41, 5.74) is 2.79. The number of fused-ring (bicyclic) bond motifs is 1. The number of thiazole rings is 1. The third kappa shape index (κ3) is 3.14. The number of nitro groups is 1. The Kier molecular flexibility index (Phi) is 4.31. The van der Waals surface area contributed by atoms with Crippen LogP contribution in [0.15, 0.2) is 17.6 Å². The van der Waals surface area contributed by atoms with Crippen molar-refractivity contribution in [1.82, 2.24) is 10.3 Å². The van der Waals surface area contributed by atoms with Crippen molar-refractivity contribution in [3.8, 4) is 0 Å². The van der Waals surface area contributed by atoms with Gasteiger partial charge >= 0.3 is 5.69 Å². The van der Waals surface area contributed by atoms with E-state index >= 15 is 0 Å². The number of nitrogens with one attached hydrogen (secondary N) is 2. The van der Waals surface area contributed by atoms with Gasteiger partial charge in [-0.05, 0) is 50.4 Å². The minimum Gasteiger partial charge on any atom is -0.379 e. The zero-order valence-electron chi connectivity index (χ0n) is 11.7. The molecular weight excluding hydrogens is 288 g/mol. The molecule has 0 amide bonds. The molecule has 2 N–H and O–H groups in total. The summed E-state index contributed by atoms with van der Waals surface area (Å²) in [5, 5.41) is 17.9. The molecule has 7 heteroatoms. The van der Waals surface area contributed by atoms with Gasteiger partial charge in [0.05, 0.1) is 15.1 Å². The van der Waals surface area contributed by atoms with Crippen LogP contribution in [0.1, 0.15) is 19.3 Å². The van der Waals surface area contributed by atoms with E-state index in [1.165, 1.54) is 24.2 Å². The van der Waals surface area contributed by atoms with Gasteiger partial charge in [0.25, 0.3) is 0 Å². The van der Waals surface area contributed by atoms with Gasteiger partial charge < -0.3 is 10.6 Å². The van der Waals surface area contributed by atoms with Crippen molar-refractivity contribution in [1.29, 1.82) is 0 Å². The third-order valence-corrected chi connectivity index (χ3v) is 4.72. The lowest BCUT2D eigenvalue weighted by Crippen LogP contribution is -2.30. The molecule has 0 spiro atoms. The topological polar surface area (TPSA) is 80.1 Å². The standard InChI is InChI=1S/C14H18N4O2S/c19-18(20)14-11(3-4-12-13(14)17-9-21-12)16-7-5-10-2-1-6-15-8-10/h3-4,9-10,15-16H,1-2,5-8H2. The molecule has 6 nitrogen and oxygen atoms in total. The van der Waals surface area contributed by atoms with Crippen LogP contribution in [0.5, 0.6) is 0 Å². The summed E-state index contributed by atoms with van der Waals surface area (Å²) in [5.74, 6) is 0.660. The first-order valence-corrected chi connectivity index (χ1v) is 8.09. The number of nitro benzene ring substituents is 1. The largest absolute Gasteiger partial charge is 0.379 e. The van der Waals surface area contributed by atoms with E-state index in [0.29, 0.717) is 17.1 Å². The van der Waals surface area contributed by atoms with Gasteiger partial charge in [0.15, 0.2) is 5.52 Å². The second kappa shape index (κ2) is 6.36. The Balaban J connectivity index is 1.71. The van der Waals surface area contributed by atoms with Crippen molar-refractivity contribution < 1.29 is 4.92 Å². The Morgan fingerprint density at radius 1 is 1.52 bits per heavy atom. The molecule has 1 aromatic heterocycles. The number of benzene rings is 1. The fourth-order valence-electron chi connectivity index (χ4n) is 2.83. The highest BCUT2D eigenvalue weighted by atomic mass is 32.1. The maximum Gasteiger partial charge on any atom is 0.319 e. The van der Waals surface area contributed by atoms with E-state index in [1.807, 2.05) is 6.07 Å². The van der Waals surface area contributed by atoms with E-state index in [1.54, 1.807) is 11.6 Å². The highest BCUT2D eigenvalue weighted by Crippen LogP contribution is 2.34. The highest BCUT2D eigenvalue weighted by molar-refractivity contribution is 7.16. The number of hydrogen-bond donors (Lipinski definition) is 2. The third-order valence-electron chi connectivity index (χ3n) is 3.93. The molecular formula is C14H18N4O2S. The Bertz CT molecular complexity index is 637. The van der Waals surface area contributed by atoms with Gasteiger partial charge in [-0.15, -0.1) is 11.3 Å². The molecule has 1 unspecified atom stereocenters. The molecule has 1 aliphatic rings. The summed E-state index contributed by atoms with van der Waals surface area (Å²) >= 11 is 1.42. The van der Waals surface area contributed by atoms with Gasteiger partial charge in [-0.3, -0.25) is 10.1 Å². The Hall–Kier alpha value is -1.73. The molecule has 1 aromatic carbocycles. The lowest BCUT2D eigenvalue weighted by atomic mass is 9.96. The summed E-state index contributed by atoms with van der Waals surface area (Å²) in [6.07, 6.45) is 3.48. The number of aromatic nitrogens is 1. The van der Waals surface area contributed by atoms with Gasteiger partial charge in [0, 0.05) is 6.54 Å². The SMILES string of the molecule is O=[N+]([O-])c1c(NCCC2CCCNC2)ccc2scnc12. The molecule has 2 heterocycles. The van der Waals surface area contributed by atoms with Crippen LogP contribution >= 0.6 is 11.3 Å². The molecule has 3 rings (SSSR count). The first-order chi connectivity index (χ1) is 10.3. The van der Waals surface area contributed by atoms with Crippen molar-refractivity contribution in [2.45, 2.75) is 19.3 Å². The van der Waals surface area contributed by atoms with Crippen LogP contribution in [0.3, 0.4) is 0 Å². The van der Waals surface area contributed by atoms with Gasteiger partial charge in [-0.2, -0.15) is 0 Å². The van der Waals surface area contributed by atoms with Crippen LogP contribution < -0.4 is 10.6 Å². The highest BCUT2D eigenvalue weighted by Gasteiger charge is 2.20. The Labute approximate surface area is 126 Å². The molecule has 0 saturated carbocycles. The van der Waals surface area contributed by atoms with E-state index in [9.17, 15) is 10.1 Å². The minimum absolute atomic E-state index is 0.0931. The number of anilines is 1. The lowest BCUT2D eigenvalue weighted by Gasteiger charge is -2.22. The van der Waals surface area contributed by atoms with E-state index in [4.69, 9.17) is 0 Å². The molecule has 1 aliphatic heterocycles. The van der Waals surface area contributed by atoms with E-state index in [0.717, 1.165) is 30.8 Å². The molecule has 21 heavy (non-hydrogen) atoms. The van der Waals surface area contributed by atoms with Gasteiger partial charge in [0.1, 0.15) is 5.69 Å². The predicted molar refractivity (Wildman–Crippen MR) is 85.0 cm³/mol. The fourth-order valence-corrected chi connectivity index (χ4v) is 3.50. The summed E-state index contributed by atoms with van der Waals surface area (Å²) in [6.45, 7) is 2.91. The quantitative estimate of drug-likeness (QED) is 0.655. The number of hydrogen-bond acceptors (Lipinski definition) is 6. The molecule has 112 valence electrons. The monoisotopic (exact) mass is 306 g/mol. The molecule has 1 fully saturated rings. The zero-order valence-corrected chi connectivity index (χ0v) is 12.5. The average Bonchev–Trinajstić information content (AvgIpc) is 2.96. The Morgan fingerprint density at radius 3 is 3.19 bits per heavy atom. The molecule has 1 atom stereocenters. The summed E-state index contributed by atoms with van der Waals surface area (Å²) < 4.78 is 0.851. The van der Waals surface area contributed by atoms with Crippen LogP contribution in [0.4, 0.5) is 11.4 Å². The van der Waals surface area contributed by atoms with Crippen LogP contribution in [-0.4, -0.2) is 29.5 Å². The summed E-state index contributed by atoms with van der Waals surface area (Å²) in [7, 11) is 0. The number of rotatable bonds is 5. The molecule has 0 radical (unpaired) electrons. The van der Waals surface area contributed by atoms with E-state index in [2.05, 4.69) is 15.6 Å². The van der Waals surface area contributed by atoms with Crippen LogP contribution in [-0.2, 0) is 0 Å². The van der Waals surface area contributed by atoms with Gasteiger partial charge in [-0.25, -0.2) is 4.98 Å². The van der Waals surface area contributed by atoms with Gasteiger partial charge in [-0.1, -0.05) is 0 Å². The maximum absolute atomic E-state index is 11.3. The normalized spacial score (nSPS) is 18.8. The second-order valence-electron chi connectivity index (χ2n) is 5.35. The zero-order chi connectivity index (χ0) is 14.7. The molecule has 0 aliphatic carbocycles. The van der Waals surface area contributed by atoms with E-state index in [-0.39, 0.29) is 10.6 Å². The van der Waals surface area contributed by atoms with Crippen molar-refractivity contribution in [3.05, 3.63) is 27.8 Å².